The number of aliphatic hydroxyl groups is 1. The molecule has 23 heavy (non-hydrogen) atoms. The number of rotatable bonds is 4. The third-order valence-electron chi connectivity index (χ3n) is 5.59. The highest BCUT2D eigenvalue weighted by Crippen LogP contribution is 2.36. The Bertz CT molecular complexity index is 548. The van der Waals surface area contributed by atoms with Gasteiger partial charge in [0.05, 0.1) is 6.10 Å². The molecule has 0 spiro atoms. The summed E-state index contributed by atoms with van der Waals surface area (Å²) in [6.07, 6.45) is 2.36. The molecule has 126 valence electrons. The van der Waals surface area contributed by atoms with E-state index in [1.807, 2.05) is 36.9 Å². The number of carbonyl (C=O) groups is 1. The molecule has 1 fully saturated rings. The van der Waals surface area contributed by atoms with Crippen LogP contribution in [0.4, 0.5) is 0 Å². The van der Waals surface area contributed by atoms with Crippen LogP contribution in [0, 0.1) is 5.92 Å². The molecule has 0 saturated carbocycles. The zero-order chi connectivity index (χ0) is 16.4. The van der Waals surface area contributed by atoms with Crippen molar-refractivity contribution < 1.29 is 9.90 Å². The lowest BCUT2D eigenvalue weighted by Crippen LogP contribution is -2.47. The van der Waals surface area contributed by atoms with Crippen LogP contribution in [0.25, 0.3) is 0 Å². The number of piperidine rings is 1. The van der Waals surface area contributed by atoms with Crippen LogP contribution in [0.3, 0.4) is 0 Å². The molecule has 1 amide bonds. The van der Waals surface area contributed by atoms with Crippen molar-refractivity contribution >= 4 is 5.91 Å². The largest absolute Gasteiger partial charge is 0.387 e. The molecular weight excluding hydrogens is 288 g/mol. The summed E-state index contributed by atoms with van der Waals surface area (Å²) in [5.41, 5.74) is 2.35. The van der Waals surface area contributed by atoms with Gasteiger partial charge in [-0.05, 0) is 57.3 Å². The van der Waals surface area contributed by atoms with Crippen molar-refractivity contribution in [2.45, 2.75) is 45.3 Å². The number of likely N-dealkylation sites (tertiary alicyclic amines) is 1. The SMILES string of the molecule is CCN(CC)C(=O)C1CCN(C2Cc3ccccc3C2O)CC1. The molecule has 1 aromatic rings. The predicted octanol–water partition coefficient (Wildman–Crippen LogP) is 2.23. The van der Waals surface area contributed by atoms with Gasteiger partial charge in [-0.15, -0.1) is 0 Å². The second-order valence-corrected chi connectivity index (χ2v) is 6.74. The van der Waals surface area contributed by atoms with E-state index < -0.39 is 0 Å². The maximum atomic E-state index is 12.5. The van der Waals surface area contributed by atoms with Crippen LogP contribution in [-0.2, 0) is 11.2 Å². The molecule has 0 aromatic heterocycles. The number of carbonyl (C=O) groups excluding carboxylic acids is 1. The summed E-state index contributed by atoms with van der Waals surface area (Å²) in [7, 11) is 0. The van der Waals surface area contributed by atoms with Crippen LogP contribution in [-0.4, -0.2) is 53.0 Å². The number of hydrogen-bond acceptors (Lipinski definition) is 3. The minimum absolute atomic E-state index is 0.159. The fourth-order valence-electron chi connectivity index (χ4n) is 4.15. The molecule has 1 aromatic carbocycles. The Hall–Kier alpha value is -1.39. The number of nitrogens with zero attached hydrogens (tertiary/aromatic N) is 2. The number of benzene rings is 1. The molecule has 4 nitrogen and oxygen atoms in total. The molecule has 0 bridgehead atoms. The summed E-state index contributed by atoms with van der Waals surface area (Å²) >= 11 is 0. The van der Waals surface area contributed by atoms with Crippen LogP contribution in [0.2, 0.25) is 0 Å². The Morgan fingerprint density at radius 1 is 1.22 bits per heavy atom. The lowest BCUT2D eigenvalue weighted by Gasteiger charge is -2.38. The molecule has 2 unspecified atom stereocenters. The van der Waals surface area contributed by atoms with Crippen LogP contribution in [0.5, 0.6) is 0 Å². The molecular formula is C19H28N2O2. The average molecular weight is 316 g/mol. The first kappa shape index (κ1) is 16.5. The molecule has 4 heteroatoms. The molecule has 1 saturated heterocycles. The van der Waals surface area contributed by atoms with Crippen molar-refractivity contribution in [3.63, 3.8) is 0 Å². The number of amides is 1. The summed E-state index contributed by atoms with van der Waals surface area (Å²) in [5, 5.41) is 10.6. The number of hydrogen-bond donors (Lipinski definition) is 1. The third-order valence-corrected chi connectivity index (χ3v) is 5.59. The molecule has 1 aliphatic carbocycles. The topological polar surface area (TPSA) is 43.8 Å². The first-order valence-electron chi connectivity index (χ1n) is 8.94. The van der Waals surface area contributed by atoms with Crippen molar-refractivity contribution in [3.05, 3.63) is 35.4 Å². The zero-order valence-electron chi connectivity index (χ0n) is 14.2. The summed E-state index contributed by atoms with van der Waals surface area (Å²) in [6.45, 7) is 7.50. The van der Waals surface area contributed by atoms with E-state index >= 15 is 0 Å². The van der Waals surface area contributed by atoms with Gasteiger partial charge in [-0.3, -0.25) is 9.69 Å². The monoisotopic (exact) mass is 316 g/mol. The molecule has 3 rings (SSSR count). The molecule has 2 atom stereocenters. The lowest BCUT2D eigenvalue weighted by molar-refractivity contribution is -0.137. The normalized spacial score (nSPS) is 25.3. The fraction of sp³-hybridized carbons (Fsp3) is 0.632. The van der Waals surface area contributed by atoms with E-state index in [0.29, 0.717) is 5.91 Å². The second-order valence-electron chi connectivity index (χ2n) is 6.74. The molecule has 1 aliphatic heterocycles. The van der Waals surface area contributed by atoms with Gasteiger partial charge in [-0.1, -0.05) is 24.3 Å². The smallest absolute Gasteiger partial charge is 0.225 e. The maximum absolute atomic E-state index is 12.5. The second kappa shape index (κ2) is 7.02. The van der Waals surface area contributed by atoms with Crippen molar-refractivity contribution in [1.82, 2.24) is 9.80 Å². The highest BCUT2D eigenvalue weighted by Gasteiger charge is 2.37. The van der Waals surface area contributed by atoms with Crippen LogP contribution < -0.4 is 0 Å². The Morgan fingerprint density at radius 2 is 1.87 bits per heavy atom. The van der Waals surface area contributed by atoms with Gasteiger partial charge in [0, 0.05) is 25.0 Å². The molecule has 1 N–H and O–H groups in total. The Labute approximate surface area is 139 Å². The van der Waals surface area contributed by atoms with Gasteiger partial charge in [0.15, 0.2) is 0 Å². The Kier molecular flexibility index (Phi) is 5.02. The number of aliphatic hydroxyl groups excluding tert-OH is 1. The van der Waals surface area contributed by atoms with Gasteiger partial charge in [-0.2, -0.15) is 0 Å². The van der Waals surface area contributed by atoms with Crippen LogP contribution in [0.15, 0.2) is 24.3 Å². The summed E-state index contributed by atoms with van der Waals surface area (Å²) < 4.78 is 0. The van der Waals surface area contributed by atoms with Crippen molar-refractivity contribution in [2.24, 2.45) is 5.92 Å². The van der Waals surface area contributed by atoms with E-state index in [9.17, 15) is 9.90 Å². The van der Waals surface area contributed by atoms with Gasteiger partial charge in [0.2, 0.25) is 5.91 Å². The van der Waals surface area contributed by atoms with Crippen LogP contribution in [0.1, 0.15) is 43.9 Å². The summed E-state index contributed by atoms with van der Waals surface area (Å²) in [5.74, 6) is 0.469. The minimum Gasteiger partial charge on any atom is -0.387 e. The summed E-state index contributed by atoms with van der Waals surface area (Å²) in [4.78, 5) is 16.8. The van der Waals surface area contributed by atoms with Crippen molar-refractivity contribution in [1.29, 1.82) is 0 Å². The standard InChI is InChI=1S/C19H28N2O2/c1-3-20(4-2)19(23)14-9-11-21(12-10-14)17-13-15-7-5-6-8-16(15)18(17)22/h5-8,14,17-18,22H,3-4,9-13H2,1-2H3. The maximum Gasteiger partial charge on any atom is 0.225 e. The van der Waals surface area contributed by atoms with Crippen molar-refractivity contribution in [2.75, 3.05) is 26.2 Å². The molecule has 0 radical (unpaired) electrons. The highest BCUT2D eigenvalue weighted by atomic mass is 16.3. The minimum atomic E-state index is -0.388. The average Bonchev–Trinajstić information content (AvgIpc) is 2.93. The summed E-state index contributed by atoms with van der Waals surface area (Å²) in [6, 6.07) is 8.38. The van der Waals surface area contributed by atoms with Crippen LogP contribution >= 0.6 is 0 Å². The van der Waals surface area contributed by atoms with E-state index in [-0.39, 0.29) is 18.1 Å². The van der Waals surface area contributed by atoms with Gasteiger partial charge in [-0.25, -0.2) is 0 Å². The van der Waals surface area contributed by atoms with E-state index in [0.717, 1.165) is 51.0 Å². The Morgan fingerprint density at radius 3 is 2.48 bits per heavy atom. The van der Waals surface area contributed by atoms with E-state index in [4.69, 9.17) is 0 Å². The predicted molar refractivity (Wildman–Crippen MR) is 91.1 cm³/mol. The lowest BCUT2D eigenvalue weighted by atomic mass is 9.93. The van der Waals surface area contributed by atoms with Gasteiger partial charge < -0.3 is 10.0 Å². The fourth-order valence-corrected chi connectivity index (χ4v) is 4.15. The number of fused-ring (bicyclic) bond motifs is 1. The third kappa shape index (κ3) is 3.15. The van der Waals surface area contributed by atoms with E-state index in [1.165, 1.54) is 5.56 Å². The molecule has 1 heterocycles. The highest BCUT2D eigenvalue weighted by molar-refractivity contribution is 5.78. The van der Waals surface area contributed by atoms with E-state index in [2.05, 4.69) is 11.0 Å². The van der Waals surface area contributed by atoms with Gasteiger partial charge >= 0.3 is 0 Å². The quantitative estimate of drug-likeness (QED) is 0.926. The van der Waals surface area contributed by atoms with Crippen molar-refractivity contribution in [3.8, 4) is 0 Å². The van der Waals surface area contributed by atoms with Gasteiger partial charge in [0.25, 0.3) is 0 Å². The molecule has 2 aliphatic rings. The van der Waals surface area contributed by atoms with Gasteiger partial charge in [0.1, 0.15) is 0 Å². The first-order valence-corrected chi connectivity index (χ1v) is 8.94. The first-order chi connectivity index (χ1) is 11.2. The van der Waals surface area contributed by atoms with E-state index in [1.54, 1.807) is 0 Å². The Balaban J connectivity index is 1.59. The zero-order valence-corrected chi connectivity index (χ0v) is 14.2.